The molecule has 1 aromatic rings. The zero-order valence-electron chi connectivity index (χ0n) is 11.8. The van der Waals surface area contributed by atoms with Crippen molar-refractivity contribution in [3.8, 4) is 5.75 Å². The van der Waals surface area contributed by atoms with Crippen LogP contribution in [0.15, 0.2) is 23.1 Å². The first kappa shape index (κ1) is 15.6. The number of nitrogen functional groups attached to an aromatic ring is 1. The van der Waals surface area contributed by atoms with E-state index in [9.17, 15) is 18.3 Å². The Bertz CT molecular complexity index is 639. The average Bonchev–Trinajstić information content (AvgIpc) is 2.95. The molecule has 21 heavy (non-hydrogen) atoms. The Morgan fingerprint density at radius 2 is 2.00 bits per heavy atom. The number of likely N-dealkylation sites (tertiary alicyclic amines) is 1. The second kappa shape index (κ2) is 5.90. The number of sulfonamides is 1. The number of nitrogens with two attached hydrogens (primary N) is 1. The Hall–Kier alpha value is -1.80. The van der Waals surface area contributed by atoms with E-state index in [1.54, 1.807) is 4.90 Å². The lowest BCUT2D eigenvalue weighted by Crippen LogP contribution is -2.39. The van der Waals surface area contributed by atoms with Gasteiger partial charge in [-0.25, -0.2) is 8.42 Å². The molecule has 1 saturated heterocycles. The van der Waals surface area contributed by atoms with E-state index in [2.05, 4.69) is 0 Å². The van der Waals surface area contributed by atoms with Crippen molar-refractivity contribution in [2.75, 3.05) is 32.4 Å². The van der Waals surface area contributed by atoms with E-state index in [4.69, 9.17) is 5.73 Å². The molecule has 1 aliphatic rings. The average molecular weight is 313 g/mol. The van der Waals surface area contributed by atoms with Gasteiger partial charge in [-0.05, 0) is 31.0 Å². The van der Waals surface area contributed by atoms with Gasteiger partial charge in [-0.1, -0.05) is 0 Å². The number of amides is 1. The smallest absolute Gasteiger partial charge is 0.243 e. The molecular weight excluding hydrogens is 294 g/mol. The van der Waals surface area contributed by atoms with Crippen molar-refractivity contribution in [3.63, 3.8) is 0 Å². The van der Waals surface area contributed by atoms with E-state index in [1.807, 2.05) is 0 Å². The highest BCUT2D eigenvalue weighted by atomic mass is 32.2. The van der Waals surface area contributed by atoms with Crippen LogP contribution in [-0.4, -0.2) is 55.3 Å². The first-order valence-electron chi connectivity index (χ1n) is 6.65. The van der Waals surface area contributed by atoms with Crippen LogP contribution in [0, 0.1) is 0 Å². The Morgan fingerprint density at radius 3 is 2.57 bits per heavy atom. The molecule has 0 radical (unpaired) electrons. The lowest BCUT2D eigenvalue weighted by Gasteiger charge is -2.21. The van der Waals surface area contributed by atoms with Gasteiger partial charge >= 0.3 is 0 Å². The summed E-state index contributed by atoms with van der Waals surface area (Å²) in [5.74, 6) is -0.380. The van der Waals surface area contributed by atoms with Crippen LogP contribution in [0.3, 0.4) is 0 Å². The molecule has 7 nitrogen and oxygen atoms in total. The monoisotopic (exact) mass is 313 g/mol. The van der Waals surface area contributed by atoms with Crippen LogP contribution < -0.4 is 5.73 Å². The van der Waals surface area contributed by atoms with Crippen LogP contribution in [0.2, 0.25) is 0 Å². The minimum atomic E-state index is -3.81. The summed E-state index contributed by atoms with van der Waals surface area (Å²) in [7, 11) is -2.45. The third-order valence-corrected chi connectivity index (χ3v) is 5.32. The molecule has 8 heteroatoms. The molecule has 0 saturated carbocycles. The maximum atomic E-state index is 12.4. The summed E-state index contributed by atoms with van der Waals surface area (Å²) in [6.07, 6.45) is 1.91. The number of rotatable bonds is 4. The number of phenolic OH excluding ortho intramolecular Hbond substituents is 1. The maximum absolute atomic E-state index is 12.4. The fourth-order valence-electron chi connectivity index (χ4n) is 2.21. The highest BCUT2D eigenvalue weighted by molar-refractivity contribution is 7.89. The van der Waals surface area contributed by atoms with Crippen LogP contribution in [0.4, 0.5) is 5.69 Å². The fourth-order valence-corrected chi connectivity index (χ4v) is 3.37. The van der Waals surface area contributed by atoms with Gasteiger partial charge in [-0.2, -0.15) is 4.31 Å². The van der Waals surface area contributed by atoms with Crippen molar-refractivity contribution in [1.82, 2.24) is 9.21 Å². The van der Waals surface area contributed by atoms with Crippen molar-refractivity contribution in [2.24, 2.45) is 0 Å². The van der Waals surface area contributed by atoms with E-state index in [-0.39, 0.29) is 28.8 Å². The SMILES string of the molecule is CN(CC(=O)N1CCCC1)S(=O)(=O)c1ccc(O)c(N)c1. The van der Waals surface area contributed by atoms with Gasteiger partial charge in [-0.3, -0.25) is 4.79 Å². The first-order chi connectivity index (χ1) is 9.82. The Morgan fingerprint density at radius 1 is 1.38 bits per heavy atom. The maximum Gasteiger partial charge on any atom is 0.243 e. The molecule has 1 aromatic carbocycles. The van der Waals surface area contributed by atoms with E-state index in [0.717, 1.165) is 17.1 Å². The molecule has 0 unspecified atom stereocenters. The second-order valence-corrected chi connectivity index (χ2v) is 7.11. The standard InChI is InChI=1S/C13H19N3O4S/c1-15(9-13(18)16-6-2-3-7-16)21(19,20)10-4-5-12(17)11(14)8-10/h4-5,8,17H,2-3,6-7,9,14H2,1H3. The third kappa shape index (κ3) is 3.27. The molecule has 1 heterocycles. The number of hydrogen-bond acceptors (Lipinski definition) is 5. The van der Waals surface area contributed by atoms with Crippen LogP contribution in [0.1, 0.15) is 12.8 Å². The fraction of sp³-hybridized carbons (Fsp3) is 0.462. The molecule has 1 aliphatic heterocycles. The summed E-state index contributed by atoms with van der Waals surface area (Å²) < 4.78 is 25.7. The molecule has 0 aromatic heterocycles. The van der Waals surface area contributed by atoms with Crippen LogP contribution in [0.5, 0.6) is 5.75 Å². The lowest BCUT2D eigenvalue weighted by atomic mass is 10.3. The minimum Gasteiger partial charge on any atom is -0.506 e. The van der Waals surface area contributed by atoms with Crippen LogP contribution in [-0.2, 0) is 14.8 Å². The van der Waals surface area contributed by atoms with Crippen molar-refractivity contribution >= 4 is 21.6 Å². The molecule has 1 amide bonds. The number of likely N-dealkylation sites (N-methyl/N-ethyl adjacent to an activating group) is 1. The van der Waals surface area contributed by atoms with Crippen LogP contribution >= 0.6 is 0 Å². The van der Waals surface area contributed by atoms with E-state index in [0.29, 0.717) is 13.1 Å². The number of nitrogens with zero attached hydrogens (tertiary/aromatic N) is 2. The molecular formula is C13H19N3O4S. The molecule has 0 spiro atoms. The van der Waals surface area contributed by atoms with Gasteiger partial charge in [0.1, 0.15) is 5.75 Å². The molecule has 1 fully saturated rings. The number of anilines is 1. The van der Waals surface area contributed by atoms with Gasteiger partial charge in [0.25, 0.3) is 0 Å². The van der Waals surface area contributed by atoms with Crippen LogP contribution in [0.25, 0.3) is 0 Å². The van der Waals surface area contributed by atoms with Crippen molar-refractivity contribution < 1.29 is 18.3 Å². The quantitative estimate of drug-likeness (QED) is 0.611. The molecule has 0 aliphatic carbocycles. The van der Waals surface area contributed by atoms with Gasteiger partial charge in [0.15, 0.2) is 0 Å². The highest BCUT2D eigenvalue weighted by Gasteiger charge is 2.26. The molecule has 116 valence electrons. The molecule has 2 rings (SSSR count). The number of carbonyl (C=O) groups is 1. The predicted octanol–water partition coefficient (Wildman–Crippen LogP) is 0.217. The normalized spacial score (nSPS) is 15.6. The summed E-state index contributed by atoms with van der Waals surface area (Å²) in [6.45, 7) is 1.15. The molecule has 3 N–H and O–H groups in total. The summed E-state index contributed by atoms with van der Waals surface area (Å²) in [4.78, 5) is 13.6. The van der Waals surface area contributed by atoms with Gasteiger partial charge in [0, 0.05) is 20.1 Å². The Labute approximate surface area is 124 Å². The lowest BCUT2D eigenvalue weighted by molar-refractivity contribution is -0.130. The van der Waals surface area contributed by atoms with E-state index in [1.165, 1.54) is 25.2 Å². The summed E-state index contributed by atoms with van der Waals surface area (Å²) in [5.41, 5.74) is 5.49. The number of benzene rings is 1. The summed E-state index contributed by atoms with van der Waals surface area (Å²) in [5, 5.41) is 9.34. The highest BCUT2D eigenvalue weighted by Crippen LogP contribution is 2.24. The second-order valence-electron chi connectivity index (χ2n) is 5.07. The minimum absolute atomic E-state index is 0.0182. The summed E-state index contributed by atoms with van der Waals surface area (Å²) in [6, 6.07) is 3.66. The van der Waals surface area contributed by atoms with Crippen molar-refractivity contribution in [3.05, 3.63) is 18.2 Å². The van der Waals surface area contributed by atoms with Crippen molar-refractivity contribution in [1.29, 1.82) is 0 Å². The van der Waals surface area contributed by atoms with E-state index >= 15 is 0 Å². The zero-order chi connectivity index (χ0) is 15.6. The largest absolute Gasteiger partial charge is 0.506 e. The van der Waals surface area contributed by atoms with E-state index < -0.39 is 10.0 Å². The van der Waals surface area contributed by atoms with Gasteiger partial charge in [-0.15, -0.1) is 0 Å². The Balaban J connectivity index is 2.14. The molecule has 0 atom stereocenters. The first-order valence-corrected chi connectivity index (χ1v) is 8.09. The number of carbonyl (C=O) groups excluding carboxylic acids is 1. The summed E-state index contributed by atoms with van der Waals surface area (Å²) >= 11 is 0. The predicted molar refractivity (Wildman–Crippen MR) is 78.1 cm³/mol. The zero-order valence-corrected chi connectivity index (χ0v) is 12.6. The third-order valence-electron chi connectivity index (χ3n) is 3.52. The van der Waals surface area contributed by atoms with Gasteiger partial charge in [0.05, 0.1) is 17.1 Å². The molecule has 0 bridgehead atoms. The number of aromatic hydroxyl groups is 1. The number of phenols is 1. The Kier molecular flexibility index (Phi) is 4.38. The number of hydrogen-bond donors (Lipinski definition) is 2. The van der Waals surface area contributed by atoms with Crippen molar-refractivity contribution in [2.45, 2.75) is 17.7 Å². The topological polar surface area (TPSA) is 104 Å². The van der Waals surface area contributed by atoms with Gasteiger partial charge in [0.2, 0.25) is 15.9 Å². The van der Waals surface area contributed by atoms with Gasteiger partial charge < -0.3 is 15.7 Å².